The van der Waals surface area contributed by atoms with E-state index in [-0.39, 0.29) is 18.6 Å². The van der Waals surface area contributed by atoms with E-state index in [2.05, 4.69) is 10.6 Å². The Morgan fingerprint density at radius 1 is 1.32 bits per heavy atom. The summed E-state index contributed by atoms with van der Waals surface area (Å²) in [6.45, 7) is 3.45. The summed E-state index contributed by atoms with van der Waals surface area (Å²) in [5.74, 6) is -1.15. The van der Waals surface area contributed by atoms with Gasteiger partial charge in [0.2, 0.25) is 0 Å². The summed E-state index contributed by atoms with van der Waals surface area (Å²) in [4.78, 5) is 12.2. The standard InChI is InChI=1S/C14H19F3N2O2S/c1-9(7-20)10(2)18-13(21)19-11-5-3-4-6-12(11)22-8-14(15,16)17/h3-6,9-10,20H,7-8H2,1-2H3,(H2,18,19,21)/t9-,10-/m1/s1. The minimum Gasteiger partial charge on any atom is -0.396 e. The first-order valence-corrected chi connectivity index (χ1v) is 7.68. The van der Waals surface area contributed by atoms with Crippen molar-refractivity contribution in [2.75, 3.05) is 17.7 Å². The maximum Gasteiger partial charge on any atom is 0.398 e. The number of rotatable bonds is 6. The van der Waals surface area contributed by atoms with Gasteiger partial charge in [0.25, 0.3) is 0 Å². The van der Waals surface area contributed by atoms with Crippen molar-refractivity contribution >= 4 is 23.5 Å². The lowest BCUT2D eigenvalue weighted by Gasteiger charge is -2.20. The number of amides is 2. The molecule has 4 nitrogen and oxygen atoms in total. The monoisotopic (exact) mass is 336 g/mol. The summed E-state index contributed by atoms with van der Waals surface area (Å²) in [6.07, 6.45) is -4.27. The zero-order valence-corrected chi connectivity index (χ0v) is 13.1. The Morgan fingerprint density at radius 2 is 1.95 bits per heavy atom. The highest BCUT2D eigenvalue weighted by molar-refractivity contribution is 7.99. The van der Waals surface area contributed by atoms with Crippen molar-refractivity contribution in [2.45, 2.75) is 31.0 Å². The van der Waals surface area contributed by atoms with Crippen LogP contribution >= 0.6 is 11.8 Å². The molecule has 0 heterocycles. The average molecular weight is 336 g/mol. The van der Waals surface area contributed by atoms with Crippen LogP contribution in [0.15, 0.2) is 29.2 Å². The third-order valence-electron chi connectivity index (χ3n) is 3.03. The summed E-state index contributed by atoms with van der Waals surface area (Å²) in [5.41, 5.74) is 0.318. The SMILES string of the molecule is C[C@H](CO)[C@@H](C)NC(=O)Nc1ccccc1SCC(F)(F)F. The second kappa shape index (κ2) is 8.28. The fraction of sp³-hybridized carbons (Fsp3) is 0.500. The molecule has 2 amide bonds. The van der Waals surface area contributed by atoms with E-state index in [0.29, 0.717) is 22.3 Å². The van der Waals surface area contributed by atoms with Gasteiger partial charge in [-0.05, 0) is 25.0 Å². The first-order chi connectivity index (χ1) is 10.2. The molecule has 0 radical (unpaired) electrons. The van der Waals surface area contributed by atoms with Crippen LogP contribution in [0.25, 0.3) is 0 Å². The maximum atomic E-state index is 12.3. The van der Waals surface area contributed by atoms with Crippen molar-refractivity contribution < 1.29 is 23.1 Å². The van der Waals surface area contributed by atoms with Gasteiger partial charge in [0.1, 0.15) is 0 Å². The number of hydrogen-bond acceptors (Lipinski definition) is 3. The number of urea groups is 1. The fourth-order valence-corrected chi connectivity index (χ4v) is 2.29. The number of benzene rings is 1. The number of para-hydroxylation sites is 1. The van der Waals surface area contributed by atoms with Gasteiger partial charge < -0.3 is 15.7 Å². The molecule has 0 saturated heterocycles. The number of carbonyl (C=O) groups is 1. The van der Waals surface area contributed by atoms with Crippen LogP contribution in [-0.4, -0.2) is 35.7 Å². The summed E-state index contributed by atoms with van der Waals surface area (Å²) in [6, 6.07) is 5.52. The molecular formula is C14H19F3N2O2S. The lowest BCUT2D eigenvalue weighted by atomic mass is 10.1. The number of thioether (sulfide) groups is 1. The Hall–Kier alpha value is -1.41. The quantitative estimate of drug-likeness (QED) is 0.697. The van der Waals surface area contributed by atoms with E-state index in [1.165, 1.54) is 6.07 Å². The molecule has 22 heavy (non-hydrogen) atoms. The zero-order valence-electron chi connectivity index (χ0n) is 12.3. The van der Waals surface area contributed by atoms with Gasteiger partial charge >= 0.3 is 12.2 Å². The average Bonchev–Trinajstić information content (AvgIpc) is 2.44. The van der Waals surface area contributed by atoms with Gasteiger partial charge in [-0.2, -0.15) is 13.2 Å². The first kappa shape index (κ1) is 18.6. The van der Waals surface area contributed by atoms with E-state index < -0.39 is 18.0 Å². The second-order valence-corrected chi connectivity index (χ2v) is 5.96. The first-order valence-electron chi connectivity index (χ1n) is 6.70. The molecule has 0 aliphatic heterocycles. The van der Waals surface area contributed by atoms with Gasteiger partial charge in [0, 0.05) is 17.5 Å². The summed E-state index contributed by atoms with van der Waals surface area (Å²) < 4.78 is 36.9. The van der Waals surface area contributed by atoms with Crippen LogP contribution in [0.3, 0.4) is 0 Å². The van der Waals surface area contributed by atoms with E-state index in [1.807, 2.05) is 0 Å². The second-order valence-electron chi connectivity index (χ2n) is 4.95. The summed E-state index contributed by atoms with van der Waals surface area (Å²) in [7, 11) is 0. The molecule has 3 N–H and O–H groups in total. The molecule has 0 unspecified atom stereocenters. The van der Waals surface area contributed by atoms with Crippen molar-refractivity contribution in [3.05, 3.63) is 24.3 Å². The summed E-state index contributed by atoms with van der Waals surface area (Å²) >= 11 is 0.618. The Bertz CT molecular complexity index is 497. The predicted octanol–water partition coefficient (Wildman–Crippen LogP) is 3.48. The van der Waals surface area contributed by atoms with Gasteiger partial charge in [0.15, 0.2) is 0 Å². The zero-order chi connectivity index (χ0) is 16.8. The van der Waals surface area contributed by atoms with Crippen LogP contribution in [-0.2, 0) is 0 Å². The third kappa shape index (κ3) is 6.57. The molecule has 0 aliphatic rings. The number of aliphatic hydroxyl groups is 1. The van der Waals surface area contributed by atoms with Crippen molar-refractivity contribution in [1.82, 2.24) is 5.32 Å². The largest absolute Gasteiger partial charge is 0.398 e. The van der Waals surface area contributed by atoms with Crippen LogP contribution < -0.4 is 10.6 Å². The molecule has 0 fully saturated rings. The van der Waals surface area contributed by atoms with Crippen molar-refractivity contribution in [3.8, 4) is 0 Å². The number of alkyl halides is 3. The minimum absolute atomic E-state index is 0.0700. The molecule has 1 aromatic carbocycles. The van der Waals surface area contributed by atoms with Crippen LogP contribution in [0.5, 0.6) is 0 Å². The molecule has 8 heteroatoms. The molecule has 0 aliphatic carbocycles. The van der Waals surface area contributed by atoms with Gasteiger partial charge in [0.05, 0.1) is 11.4 Å². The van der Waals surface area contributed by atoms with Crippen molar-refractivity contribution in [2.24, 2.45) is 5.92 Å². The normalized spacial score (nSPS) is 14.3. The van der Waals surface area contributed by atoms with E-state index >= 15 is 0 Å². The number of halogens is 3. The van der Waals surface area contributed by atoms with Gasteiger partial charge in [-0.25, -0.2) is 4.79 Å². The lowest BCUT2D eigenvalue weighted by molar-refractivity contribution is -0.105. The molecular weight excluding hydrogens is 317 g/mol. The molecule has 1 aromatic rings. The third-order valence-corrected chi connectivity index (χ3v) is 4.17. The molecule has 1 rings (SSSR count). The van der Waals surface area contributed by atoms with E-state index in [9.17, 15) is 18.0 Å². The van der Waals surface area contributed by atoms with Crippen LogP contribution in [0.1, 0.15) is 13.8 Å². The molecule has 0 aromatic heterocycles. The highest BCUT2D eigenvalue weighted by atomic mass is 32.2. The highest BCUT2D eigenvalue weighted by Crippen LogP contribution is 2.32. The maximum absolute atomic E-state index is 12.3. The van der Waals surface area contributed by atoms with E-state index in [0.717, 1.165) is 0 Å². The Balaban J connectivity index is 2.67. The number of hydrogen-bond donors (Lipinski definition) is 3. The number of carbonyl (C=O) groups excluding carboxylic acids is 1. The van der Waals surface area contributed by atoms with Crippen molar-refractivity contribution in [1.29, 1.82) is 0 Å². The summed E-state index contributed by atoms with van der Waals surface area (Å²) in [5, 5.41) is 14.2. The smallest absolute Gasteiger partial charge is 0.396 e. The van der Waals surface area contributed by atoms with E-state index in [4.69, 9.17) is 5.11 Å². The van der Waals surface area contributed by atoms with E-state index in [1.54, 1.807) is 32.0 Å². The number of anilines is 1. The molecule has 2 atom stereocenters. The van der Waals surface area contributed by atoms with Crippen molar-refractivity contribution in [3.63, 3.8) is 0 Å². The highest BCUT2D eigenvalue weighted by Gasteiger charge is 2.27. The Kier molecular flexibility index (Phi) is 7.02. The minimum atomic E-state index is -4.27. The van der Waals surface area contributed by atoms with Gasteiger partial charge in [-0.3, -0.25) is 0 Å². The molecule has 0 saturated carbocycles. The molecule has 0 bridgehead atoms. The Labute approximate surface area is 131 Å². The molecule has 124 valence electrons. The van der Waals surface area contributed by atoms with Crippen LogP contribution in [0.4, 0.5) is 23.7 Å². The van der Waals surface area contributed by atoms with Gasteiger partial charge in [-0.1, -0.05) is 19.1 Å². The topological polar surface area (TPSA) is 61.4 Å². The van der Waals surface area contributed by atoms with Crippen LogP contribution in [0.2, 0.25) is 0 Å². The van der Waals surface area contributed by atoms with Gasteiger partial charge in [-0.15, -0.1) is 11.8 Å². The number of aliphatic hydroxyl groups excluding tert-OH is 1. The molecule has 0 spiro atoms. The fourth-order valence-electron chi connectivity index (χ4n) is 1.52. The van der Waals surface area contributed by atoms with Crippen LogP contribution in [0, 0.1) is 5.92 Å². The Morgan fingerprint density at radius 3 is 2.55 bits per heavy atom. The lowest BCUT2D eigenvalue weighted by Crippen LogP contribution is -2.40. The predicted molar refractivity (Wildman–Crippen MR) is 81.1 cm³/mol. The number of nitrogens with one attached hydrogen (secondary N) is 2.